The molecule has 0 spiro atoms. The van der Waals surface area contributed by atoms with E-state index in [0.717, 1.165) is 0 Å². The van der Waals surface area contributed by atoms with Crippen LogP contribution in [0.4, 0.5) is 4.79 Å². The zero-order valence-electron chi connectivity index (χ0n) is 5.72. The van der Waals surface area contributed by atoms with E-state index in [9.17, 15) is 9.59 Å². The fourth-order valence-electron chi connectivity index (χ4n) is 0.645. The van der Waals surface area contributed by atoms with Crippen molar-refractivity contribution in [2.45, 2.75) is 18.0 Å². The molecule has 0 aromatic heterocycles. The third kappa shape index (κ3) is 1.29. The van der Waals surface area contributed by atoms with Crippen LogP contribution in [-0.2, 0) is 4.79 Å². The number of urea groups is 1. The molecule has 5 nitrogen and oxygen atoms in total. The second kappa shape index (κ2) is 2.35. The molecule has 1 aliphatic rings. The first kappa shape index (κ1) is 8.29. The van der Waals surface area contributed by atoms with Gasteiger partial charge in [0, 0.05) is 0 Å². The highest BCUT2D eigenvalue weighted by atomic mass is 35.5. The number of carbonyl (C=O) groups is 2. The molecule has 1 fully saturated rings. The fourth-order valence-corrected chi connectivity index (χ4v) is 0.747. The van der Waals surface area contributed by atoms with E-state index in [0.29, 0.717) is 0 Å². The average molecular weight is 179 g/mol. The monoisotopic (exact) mass is 178 g/mol. The zero-order chi connectivity index (χ0) is 8.65. The Hall–Kier alpha value is -0.810. The van der Waals surface area contributed by atoms with E-state index in [1.165, 1.54) is 6.92 Å². The number of carbonyl (C=O) groups excluding carboxylic acids is 2. The van der Waals surface area contributed by atoms with Crippen molar-refractivity contribution >= 4 is 23.5 Å². The van der Waals surface area contributed by atoms with Gasteiger partial charge >= 0.3 is 6.03 Å². The molecule has 2 atom stereocenters. The van der Waals surface area contributed by atoms with Crippen LogP contribution in [0.2, 0.25) is 0 Å². The fraction of sp³-hybridized carbons (Fsp3) is 0.600. The van der Waals surface area contributed by atoms with E-state index in [4.69, 9.17) is 16.7 Å². The van der Waals surface area contributed by atoms with Gasteiger partial charge in [0.25, 0.3) is 5.91 Å². The van der Waals surface area contributed by atoms with Gasteiger partial charge in [-0.1, -0.05) is 0 Å². The molecule has 0 saturated carbocycles. The quantitative estimate of drug-likeness (QED) is 0.423. The van der Waals surface area contributed by atoms with Crippen molar-refractivity contribution in [2.24, 2.45) is 0 Å². The van der Waals surface area contributed by atoms with E-state index in [1.807, 2.05) is 5.32 Å². The Balaban J connectivity index is 2.84. The van der Waals surface area contributed by atoms with Crippen LogP contribution in [0.3, 0.4) is 0 Å². The van der Waals surface area contributed by atoms with Gasteiger partial charge in [-0.15, -0.1) is 11.6 Å². The van der Waals surface area contributed by atoms with Crippen LogP contribution in [0.25, 0.3) is 0 Å². The number of alkyl halides is 1. The molecule has 3 amide bonds. The van der Waals surface area contributed by atoms with Crippen molar-refractivity contribution in [1.29, 1.82) is 0 Å². The number of amides is 3. The van der Waals surface area contributed by atoms with Crippen molar-refractivity contribution < 1.29 is 14.7 Å². The van der Waals surface area contributed by atoms with Crippen LogP contribution >= 0.6 is 11.6 Å². The minimum Gasteiger partial charge on any atom is -0.371 e. The molecule has 0 bridgehead atoms. The second-order valence-corrected chi connectivity index (χ2v) is 3.19. The largest absolute Gasteiger partial charge is 0.371 e. The Morgan fingerprint density at radius 1 is 1.64 bits per heavy atom. The zero-order valence-corrected chi connectivity index (χ0v) is 6.47. The lowest BCUT2D eigenvalue weighted by atomic mass is 10.1. The van der Waals surface area contributed by atoms with Crippen LogP contribution in [0.1, 0.15) is 6.92 Å². The molecule has 1 rings (SSSR count). The van der Waals surface area contributed by atoms with E-state index in [1.54, 1.807) is 0 Å². The lowest BCUT2D eigenvalue weighted by Gasteiger charge is -2.31. The van der Waals surface area contributed by atoms with Crippen LogP contribution in [0.15, 0.2) is 0 Å². The van der Waals surface area contributed by atoms with Crippen molar-refractivity contribution in [1.82, 2.24) is 10.6 Å². The summed E-state index contributed by atoms with van der Waals surface area (Å²) in [5.74, 6) is -0.699. The number of rotatable bonds is 0. The van der Waals surface area contributed by atoms with E-state index < -0.39 is 23.0 Å². The first-order chi connectivity index (χ1) is 4.94. The van der Waals surface area contributed by atoms with Gasteiger partial charge in [0.2, 0.25) is 0 Å². The first-order valence-corrected chi connectivity index (χ1v) is 3.31. The number of halogens is 1. The van der Waals surface area contributed by atoms with E-state index >= 15 is 0 Å². The Bertz CT molecular complexity index is 216. The normalized spacial score (nSPS) is 37.9. The SMILES string of the molecule is C[C@]1(Cl)C(=O)NC(=O)N[C@@H]1O. The summed E-state index contributed by atoms with van der Waals surface area (Å²) in [7, 11) is 0. The van der Waals surface area contributed by atoms with Crippen molar-refractivity contribution in [3.63, 3.8) is 0 Å². The van der Waals surface area contributed by atoms with Crippen LogP contribution < -0.4 is 10.6 Å². The van der Waals surface area contributed by atoms with Crippen molar-refractivity contribution in [3.8, 4) is 0 Å². The number of aliphatic hydroxyl groups excluding tert-OH is 1. The summed E-state index contributed by atoms with van der Waals surface area (Å²) in [6.07, 6.45) is -1.34. The van der Waals surface area contributed by atoms with Gasteiger partial charge in [-0.3, -0.25) is 10.1 Å². The molecule has 0 radical (unpaired) electrons. The molecule has 0 unspecified atom stereocenters. The summed E-state index contributed by atoms with van der Waals surface area (Å²) in [5.41, 5.74) is 0. The molecule has 1 saturated heterocycles. The average Bonchev–Trinajstić information content (AvgIpc) is 1.84. The number of aliphatic hydroxyl groups is 1. The molecule has 0 aromatic carbocycles. The topological polar surface area (TPSA) is 78.4 Å². The Kier molecular flexibility index (Phi) is 1.77. The second-order valence-electron chi connectivity index (χ2n) is 2.41. The van der Waals surface area contributed by atoms with Gasteiger partial charge in [0.15, 0.2) is 11.1 Å². The highest BCUT2D eigenvalue weighted by Gasteiger charge is 2.44. The number of imide groups is 1. The van der Waals surface area contributed by atoms with Crippen LogP contribution in [-0.4, -0.2) is 28.1 Å². The highest BCUT2D eigenvalue weighted by molar-refractivity contribution is 6.36. The van der Waals surface area contributed by atoms with Gasteiger partial charge < -0.3 is 10.4 Å². The molecule has 62 valence electrons. The van der Waals surface area contributed by atoms with Crippen LogP contribution in [0, 0.1) is 0 Å². The Morgan fingerprint density at radius 2 is 2.18 bits per heavy atom. The van der Waals surface area contributed by atoms with Gasteiger partial charge in [0.1, 0.15) is 0 Å². The third-order valence-corrected chi connectivity index (χ3v) is 1.83. The maximum absolute atomic E-state index is 10.9. The molecule has 3 N–H and O–H groups in total. The predicted octanol–water partition coefficient (Wildman–Crippen LogP) is -0.858. The minimum absolute atomic E-state index is 0.699. The molecule has 0 aliphatic carbocycles. The van der Waals surface area contributed by atoms with Gasteiger partial charge in [-0.25, -0.2) is 4.79 Å². The van der Waals surface area contributed by atoms with Crippen molar-refractivity contribution in [2.75, 3.05) is 0 Å². The molecular weight excluding hydrogens is 172 g/mol. The molecular formula is C5H7ClN2O3. The Labute approximate surface area is 67.7 Å². The van der Waals surface area contributed by atoms with Gasteiger partial charge in [0.05, 0.1) is 0 Å². The third-order valence-electron chi connectivity index (χ3n) is 1.45. The molecule has 11 heavy (non-hydrogen) atoms. The predicted molar refractivity (Wildman–Crippen MR) is 36.9 cm³/mol. The highest BCUT2D eigenvalue weighted by Crippen LogP contribution is 2.20. The lowest BCUT2D eigenvalue weighted by molar-refractivity contribution is -0.127. The van der Waals surface area contributed by atoms with E-state index in [2.05, 4.69) is 5.32 Å². The summed E-state index contributed by atoms with van der Waals surface area (Å²) in [6.45, 7) is 1.31. The number of nitrogens with one attached hydrogen (secondary N) is 2. The smallest absolute Gasteiger partial charge is 0.323 e. The standard InChI is InChI=1S/C5H7ClN2O3/c1-5(6)2(9)7-4(11)8-3(5)10/h2,9H,1H3,(H2,7,8,10,11)/t2-,5-/m1/s1. The number of hydrogen-bond acceptors (Lipinski definition) is 3. The molecule has 0 aromatic rings. The summed E-state index contributed by atoms with van der Waals surface area (Å²) in [4.78, 5) is 19.9. The maximum atomic E-state index is 10.9. The summed E-state index contributed by atoms with van der Waals surface area (Å²) in [5, 5.41) is 13.0. The summed E-state index contributed by atoms with van der Waals surface area (Å²) >= 11 is 5.56. The first-order valence-electron chi connectivity index (χ1n) is 2.93. The number of hydrogen-bond donors (Lipinski definition) is 3. The molecule has 6 heteroatoms. The van der Waals surface area contributed by atoms with Crippen molar-refractivity contribution in [3.05, 3.63) is 0 Å². The summed E-state index contributed by atoms with van der Waals surface area (Å²) < 4.78 is 0. The van der Waals surface area contributed by atoms with Crippen LogP contribution in [0.5, 0.6) is 0 Å². The molecule has 1 heterocycles. The van der Waals surface area contributed by atoms with Gasteiger partial charge in [-0.2, -0.15) is 0 Å². The lowest BCUT2D eigenvalue weighted by Crippen LogP contribution is -2.65. The van der Waals surface area contributed by atoms with E-state index in [-0.39, 0.29) is 0 Å². The molecule has 1 aliphatic heterocycles. The maximum Gasteiger partial charge on any atom is 0.323 e. The minimum atomic E-state index is -1.48. The summed E-state index contributed by atoms with van der Waals surface area (Å²) in [6, 6.07) is -0.736. The van der Waals surface area contributed by atoms with Gasteiger partial charge in [-0.05, 0) is 6.92 Å². The Morgan fingerprint density at radius 3 is 2.64 bits per heavy atom.